The van der Waals surface area contributed by atoms with Gasteiger partial charge in [-0.3, -0.25) is 0 Å². The average Bonchev–Trinajstić information content (AvgIpc) is 2.83. The molecular weight excluding hydrogens is 396 g/mol. The summed E-state index contributed by atoms with van der Waals surface area (Å²) < 4.78 is 11.9. The Balaban J connectivity index is 1.78. The van der Waals surface area contributed by atoms with Gasteiger partial charge in [-0.25, -0.2) is 0 Å². The Hall–Kier alpha value is -2.58. The van der Waals surface area contributed by atoms with E-state index in [1.54, 1.807) is 0 Å². The third-order valence-corrected chi connectivity index (χ3v) is 5.69. The molecule has 0 aliphatic carbocycles. The smallest absolute Gasteiger partial charge is 0.184 e. The Morgan fingerprint density at radius 1 is 0.613 bits per heavy atom. The van der Waals surface area contributed by atoms with Gasteiger partial charge in [0.25, 0.3) is 0 Å². The van der Waals surface area contributed by atoms with E-state index in [-0.39, 0.29) is 6.61 Å². The summed E-state index contributed by atoms with van der Waals surface area (Å²) in [5.41, 5.74) is 1.59. The van der Waals surface area contributed by atoms with Gasteiger partial charge in [0.15, 0.2) is 6.29 Å². The molecule has 1 aliphatic heterocycles. The zero-order valence-corrected chi connectivity index (χ0v) is 16.9. The van der Waals surface area contributed by atoms with Gasteiger partial charge < -0.3 is 29.9 Å². The van der Waals surface area contributed by atoms with Gasteiger partial charge in [-0.2, -0.15) is 0 Å². The molecule has 4 rings (SSSR count). The maximum absolute atomic E-state index is 10.4. The summed E-state index contributed by atoms with van der Waals surface area (Å²) in [4.78, 5) is 0. The molecule has 6 heteroatoms. The molecule has 162 valence electrons. The minimum absolute atomic E-state index is 0.138. The van der Waals surface area contributed by atoms with Gasteiger partial charge in [-0.05, 0) is 16.7 Å². The lowest BCUT2D eigenvalue weighted by Crippen LogP contribution is -2.59. The highest BCUT2D eigenvalue weighted by molar-refractivity contribution is 5.47. The lowest BCUT2D eigenvalue weighted by atomic mass is 9.80. The quantitative estimate of drug-likeness (QED) is 0.452. The molecule has 6 nitrogen and oxygen atoms in total. The molecule has 3 aromatic rings. The molecular formula is C25H26O6. The van der Waals surface area contributed by atoms with Crippen LogP contribution in [0, 0.1) is 0 Å². The van der Waals surface area contributed by atoms with Crippen LogP contribution in [0.1, 0.15) is 16.7 Å². The first-order chi connectivity index (χ1) is 15.0. The van der Waals surface area contributed by atoms with Crippen LogP contribution in [0.4, 0.5) is 0 Å². The van der Waals surface area contributed by atoms with Crippen LogP contribution in [0.3, 0.4) is 0 Å². The fourth-order valence-corrected chi connectivity index (χ4v) is 4.04. The van der Waals surface area contributed by atoms with E-state index in [0.717, 1.165) is 16.7 Å². The Morgan fingerprint density at radius 2 is 1.03 bits per heavy atom. The number of ether oxygens (including phenoxy) is 2. The van der Waals surface area contributed by atoms with E-state index in [4.69, 9.17) is 9.47 Å². The maximum Gasteiger partial charge on any atom is 0.184 e. The molecule has 31 heavy (non-hydrogen) atoms. The summed E-state index contributed by atoms with van der Waals surface area (Å²) in [6, 6.07) is 29.1. The van der Waals surface area contributed by atoms with Gasteiger partial charge in [0.2, 0.25) is 0 Å². The molecule has 0 saturated carbocycles. The second kappa shape index (κ2) is 9.28. The Morgan fingerprint density at radius 3 is 1.45 bits per heavy atom. The third kappa shape index (κ3) is 4.14. The number of benzene rings is 3. The van der Waals surface area contributed by atoms with Crippen molar-refractivity contribution in [1.29, 1.82) is 0 Å². The lowest BCUT2D eigenvalue weighted by molar-refractivity contribution is -0.291. The highest BCUT2D eigenvalue weighted by Crippen LogP contribution is 2.41. The van der Waals surface area contributed by atoms with Crippen molar-refractivity contribution in [3.05, 3.63) is 108 Å². The van der Waals surface area contributed by atoms with Gasteiger partial charge in [0, 0.05) is 0 Å². The highest BCUT2D eigenvalue weighted by atomic mass is 16.6. The normalized spacial score (nSPS) is 26.5. The minimum Gasteiger partial charge on any atom is -0.387 e. The second-order valence-corrected chi connectivity index (χ2v) is 7.63. The van der Waals surface area contributed by atoms with E-state index in [9.17, 15) is 20.4 Å². The highest BCUT2D eigenvalue weighted by Gasteiger charge is 2.45. The van der Waals surface area contributed by atoms with Crippen LogP contribution in [0.2, 0.25) is 0 Å². The summed E-state index contributed by atoms with van der Waals surface area (Å²) in [5.74, 6) is 0. The molecule has 1 heterocycles. The molecule has 5 atom stereocenters. The van der Waals surface area contributed by atoms with Crippen molar-refractivity contribution < 1.29 is 29.9 Å². The maximum atomic E-state index is 10.4. The van der Waals surface area contributed by atoms with Crippen LogP contribution in [-0.2, 0) is 15.1 Å². The van der Waals surface area contributed by atoms with Crippen molar-refractivity contribution in [3.63, 3.8) is 0 Å². The molecule has 4 N–H and O–H groups in total. The molecule has 3 aromatic carbocycles. The van der Waals surface area contributed by atoms with Gasteiger partial charge in [-0.1, -0.05) is 91.0 Å². The topological polar surface area (TPSA) is 99.4 Å². The molecule has 0 radical (unpaired) electrons. The van der Waals surface area contributed by atoms with Crippen molar-refractivity contribution in [2.24, 2.45) is 0 Å². The lowest BCUT2D eigenvalue weighted by Gasteiger charge is -2.41. The average molecular weight is 422 g/mol. The first-order valence-corrected chi connectivity index (χ1v) is 10.2. The van der Waals surface area contributed by atoms with E-state index < -0.39 is 36.3 Å². The Bertz CT molecular complexity index is 853. The first-order valence-electron chi connectivity index (χ1n) is 10.2. The molecule has 1 saturated heterocycles. The molecule has 1 fully saturated rings. The van der Waals surface area contributed by atoms with Gasteiger partial charge in [-0.15, -0.1) is 0 Å². The van der Waals surface area contributed by atoms with Crippen LogP contribution >= 0.6 is 0 Å². The van der Waals surface area contributed by atoms with E-state index in [0.29, 0.717) is 0 Å². The van der Waals surface area contributed by atoms with Crippen LogP contribution < -0.4 is 0 Å². The number of hydrogen-bond acceptors (Lipinski definition) is 6. The zero-order valence-electron chi connectivity index (χ0n) is 16.9. The van der Waals surface area contributed by atoms with E-state index in [1.165, 1.54) is 0 Å². The van der Waals surface area contributed by atoms with Gasteiger partial charge in [0.05, 0.1) is 6.61 Å². The molecule has 1 aliphatic rings. The second-order valence-electron chi connectivity index (χ2n) is 7.63. The zero-order chi connectivity index (χ0) is 21.8. The molecule has 0 amide bonds. The number of aliphatic hydroxyl groups is 4. The van der Waals surface area contributed by atoms with Crippen molar-refractivity contribution >= 4 is 0 Å². The van der Waals surface area contributed by atoms with Crippen molar-refractivity contribution in [3.8, 4) is 0 Å². The number of aliphatic hydroxyl groups excluding tert-OH is 4. The molecule has 0 unspecified atom stereocenters. The van der Waals surface area contributed by atoms with Crippen molar-refractivity contribution in [2.75, 3.05) is 6.61 Å². The fourth-order valence-electron chi connectivity index (χ4n) is 4.04. The predicted octanol–water partition coefficient (Wildman–Crippen LogP) is 1.79. The van der Waals surface area contributed by atoms with Crippen LogP contribution in [0.25, 0.3) is 0 Å². The fraction of sp³-hybridized carbons (Fsp3) is 0.280. The van der Waals surface area contributed by atoms with E-state index in [1.807, 2.05) is 91.0 Å². The molecule has 0 spiro atoms. The number of hydrogen-bond donors (Lipinski definition) is 4. The summed E-state index contributed by atoms with van der Waals surface area (Å²) in [5, 5.41) is 40.2. The Kier molecular flexibility index (Phi) is 6.48. The van der Waals surface area contributed by atoms with E-state index in [2.05, 4.69) is 0 Å². The Labute approximate surface area is 180 Å². The third-order valence-electron chi connectivity index (χ3n) is 5.69. The van der Waals surface area contributed by atoms with Crippen LogP contribution in [0.5, 0.6) is 0 Å². The predicted molar refractivity (Wildman–Crippen MR) is 114 cm³/mol. The van der Waals surface area contributed by atoms with Crippen LogP contribution in [0.15, 0.2) is 91.0 Å². The van der Waals surface area contributed by atoms with Crippen molar-refractivity contribution in [2.45, 2.75) is 36.3 Å². The van der Waals surface area contributed by atoms with Crippen LogP contribution in [-0.4, -0.2) is 57.7 Å². The SMILES string of the molecule is O[C@H]1[C@H](O)[C@H](O)O[C@@H](COC(c2ccccc2)(c2ccccc2)c2ccccc2)[C@H]1O. The van der Waals surface area contributed by atoms with Crippen molar-refractivity contribution in [1.82, 2.24) is 0 Å². The number of rotatable bonds is 6. The monoisotopic (exact) mass is 422 g/mol. The van der Waals surface area contributed by atoms with Gasteiger partial charge in [0.1, 0.15) is 30.0 Å². The largest absolute Gasteiger partial charge is 0.387 e. The molecule has 0 aromatic heterocycles. The minimum atomic E-state index is -1.62. The van der Waals surface area contributed by atoms with E-state index >= 15 is 0 Å². The van der Waals surface area contributed by atoms with Gasteiger partial charge >= 0.3 is 0 Å². The molecule has 0 bridgehead atoms. The first kappa shape index (κ1) is 21.6. The standard InChI is InChI=1S/C25H26O6/c26-21-20(31-24(29)23(28)22(21)27)16-30-25(17-10-4-1-5-11-17,18-12-6-2-7-13-18)19-14-8-3-9-15-19/h1-15,20-24,26-29H,16H2/t20-,21+,22+,23-,24+/m0/s1. The summed E-state index contributed by atoms with van der Waals surface area (Å²) in [7, 11) is 0. The summed E-state index contributed by atoms with van der Waals surface area (Å²) >= 11 is 0. The summed E-state index contributed by atoms with van der Waals surface area (Å²) in [6.07, 6.45) is -7.21. The summed E-state index contributed by atoms with van der Waals surface area (Å²) in [6.45, 7) is -0.138.